The van der Waals surface area contributed by atoms with Crippen molar-refractivity contribution in [2.75, 3.05) is 11.9 Å². The zero-order valence-corrected chi connectivity index (χ0v) is 15.6. The van der Waals surface area contributed by atoms with E-state index in [9.17, 15) is 4.79 Å². The van der Waals surface area contributed by atoms with Crippen molar-refractivity contribution in [3.8, 4) is 5.95 Å². The second kappa shape index (κ2) is 6.82. The van der Waals surface area contributed by atoms with Gasteiger partial charge in [-0.15, -0.1) is 0 Å². The van der Waals surface area contributed by atoms with Gasteiger partial charge in [0.2, 0.25) is 5.95 Å². The summed E-state index contributed by atoms with van der Waals surface area (Å²) in [5, 5.41) is 7.09. The van der Waals surface area contributed by atoms with E-state index in [0.717, 1.165) is 17.9 Å². The molecule has 3 aromatic heterocycles. The molecule has 1 aliphatic heterocycles. The van der Waals surface area contributed by atoms with Gasteiger partial charge in [0.25, 0.3) is 0 Å². The molecule has 0 aromatic carbocycles. The fraction of sp³-hybridized carbons (Fsp3) is 0.389. The number of rotatable bonds is 3. The van der Waals surface area contributed by atoms with Crippen LogP contribution in [0.3, 0.4) is 0 Å². The van der Waals surface area contributed by atoms with Gasteiger partial charge in [-0.1, -0.05) is 13.8 Å². The van der Waals surface area contributed by atoms with Gasteiger partial charge >= 0.3 is 6.03 Å². The minimum absolute atomic E-state index is 0.161. The first kappa shape index (κ1) is 17.2. The van der Waals surface area contributed by atoms with Crippen LogP contribution in [0.15, 0.2) is 30.9 Å². The van der Waals surface area contributed by atoms with E-state index in [0.29, 0.717) is 30.6 Å². The third-order valence-electron chi connectivity index (χ3n) is 4.68. The molecule has 9 heteroatoms. The maximum Gasteiger partial charge on any atom is 0.322 e. The normalized spacial score (nSPS) is 13.7. The molecule has 1 aliphatic rings. The number of carbonyl (C=O) groups excluding carboxylic acids is 1. The number of hydrogen-bond acceptors (Lipinski definition) is 5. The van der Waals surface area contributed by atoms with Crippen LogP contribution < -0.4 is 5.32 Å². The Morgan fingerprint density at radius 2 is 2.04 bits per heavy atom. The quantitative estimate of drug-likeness (QED) is 0.766. The van der Waals surface area contributed by atoms with E-state index in [2.05, 4.69) is 45.8 Å². The van der Waals surface area contributed by atoms with Gasteiger partial charge in [0, 0.05) is 44.0 Å². The Bertz CT molecular complexity index is 959. The van der Waals surface area contributed by atoms with Gasteiger partial charge in [-0.25, -0.2) is 24.4 Å². The lowest BCUT2D eigenvalue weighted by Gasteiger charge is -2.26. The summed E-state index contributed by atoms with van der Waals surface area (Å²) in [5.41, 5.74) is 2.80. The van der Waals surface area contributed by atoms with Crippen LogP contribution in [0, 0.1) is 0 Å². The maximum absolute atomic E-state index is 12.7. The van der Waals surface area contributed by atoms with E-state index in [1.54, 1.807) is 35.8 Å². The summed E-state index contributed by atoms with van der Waals surface area (Å²) >= 11 is 0. The Balaban J connectivity index is 1.45. The average molecular weight is 366 g/mol. The Kier molecular flexibility index (Phi) is 4.35. The number of urea groups is 1. The molecule has 4 rings (SSSR count). The van der Waals surface area contributed by atoms with Crippen molar-refractivity contribution in [1.82, 2.24) is 34.2 Å². The van der Waals surface area contributed by atoms with Crippen molar-refractivity contribution in [1.29, 1.82) is 0 Å². The Morgan fingerprint density at radius 3 is 2.78 bits per heavy atom. The zero-order chi connectivity index (χ0) is 19.0. The Labute approximate surface area is 157 Å². The number of anilines is 1. The van der Waals surface area contributed by atoms with Crippen molar-refractivity contribution in [3.05, 3.63) is 48.1 Å². The predicted molar refractivity (Wildman–Crippen MR) is 99.6 cm³/mol. The first-order chi connectivity index (χ1) is 13.0. The smallest absolute Gasteiger partial charge is 0.322 e. The highest BCUT2D eigenvalue weighted by molar-refractivity contribution is 5.89. The molecule has 0 radical (unpaired) electrons. The first-order valence-electron chi connectivity index (χ1n) is 8.95. The highest BCUT2D eigenvalue weighted by Crippen LogP contribution is 2.23. The number of carbonyl (C=O) groups is 1. The fourth-order valence-corrected chi connectivity index (χ4v) is 3.35. The summed E-state index contributed by atoms with van der Waals surface area (Å²) < 4.78 is 3.69. The van der Waals surface area contributed by atoms with E-state index in [1.807, 2.05) is 0 Å². The molecule has 0 atom stereocenters. The number of amides is 2. The number of nitrogens with one attached hydrogen (secondary N) is 1. The molecule has 2 amide bonds. The topological polar surface area (TPSA) is 93.8 Å². The molecule has 0 saturated heterocycles. The first-order valence-corrected chi connectivity index (χ1v) is 8.95. The largest absolute Gasteiger partial charge is 0.334 e. The molecule has 0 fully saturated rings. The SMILES string of the molecule is CC(C)c1nc2c(n1C)CCN(C(=O)Nc1cnn(-c3ncccn3)c1)C2. The standard InChI is InChI=1S/C18H22N8O/c1-12(2)16-23-14-11-25(8-5-15(14)24(16)3)18(27)22-13-9-21-26(10-13)17-19-6-4-7-20-17/h4,6-7,9-10,12H,5,8,11H2,1-3H3,(H,22,27). The lowest BCUT2D eigenvalue weighted by atomic mass is 10.1. The fourth-order valence-electron chi connectivity index (χ4n) is 3.35. The van der Waals surface area contributed by atoms with Gasteiger partial charge < -0.3 is 14.8 Å². The number of fused-ring (bicyclic) bond motifs is 1. The summed E-state index contributed by atoms with van der Waals surface area (Å²) in [6.07, 6.45) is 7.37. The molecule has 0 unspecified atom stereocenters. The molecular formula is C18H22N8O. The summed E-state index contributed by atoms with van der Waals surface area (Å²) in [6, 6.07) is 1.58. The summed E-state index contributed by atoms with van der Waals surface area (Å²) in [5.74, 6) is 1.87. The highest BCUT2D eigenvalue weighted by Gasteiger charge is 2.26. The molecule has 27 heavy (non-hydrogen) atoms. The van der Waals surface area contributed by atoms with Gasteiger partial charge in [0.1, 0.15) is 5.82 Å². The summed E-state index contributed by atoms with van der Waals surface area (Å²) in [4.78, 5) is 27.4. The molecular weight excluding hydrogens is 344 g/mol. The predicted octanol–water partition coefficient (Wildman–Crippen LogP) is 2.11. The van der Waals surface area contributed by atoms with Crippen molar-refractivity contribution in [2.24, 2.45) is 7.05 Å². The molecule has 0 spiro atoms. The lowest BCUT2D eigenvalue weighted by molar-refractivity contribution is 0.205. The second-order valence-electron chi connectivity index (χ2n) is 6.90. The number of imidazole rings is 1. The van der Waals surface area contributed by atoms with Crippen LogP contribution in [-0.4, -0.2) is 46.8 Å². The van der Waals surface area contributed by atoms with Crippen LogP contribution in [0.4, 0.5) is 10.5 Å². The lowest BCUT2D eigenvalue weighted by Crippen LogP contribution is -2.39. The summed E-state index contributed by atoms with van der Waals surface area (Å²) in [6.45, 7) is 5.43. The van der Waals surface area contributed by atoms with E-state index in [1.165, 1.54) is 10.4 Å². The second-order valence-corrected chi connectivity index (χ2v) is 6.90. The van der Waals surface area contributed by atoms with Crippen LogP contribution in [0.5, 0.6) is 0 Å². The van der Waals surface area contributed by atoms with Crippen molar-refractivity contribution in [2.45, 2.75) is 32.7 Å². The molecule has 1 N–H and O–H groups in total. The third kappa shape index (κ3) is 3.27. The molecule has 0 bridgehead atoms. The van der Waals surface area contributed by atoms with Gasteiger partial charge in [-0.2, -0.15) is 5.10 Å². The Morgan fingerprint density at radius 1 is 1.26 bits per heavy atom. The van der Waals surface area contributed by atoms with Gasteiger partial charge in [0.05, 0.1) is 30.3 Å². The van der Waals surface area contributed by atoms with E-state index < -0.39 is 0 Å². The zero-order valence-electron chi connectivity index (χ0n) is 15.6. The summed E-state index contributed by atoms with van der Waals surface area (Å²) in [7, 11) is 2.05. The minimum Gasteiger partial charge on any atom is -0.334 e. The average Bonchev–Trinajstić information content (AvgIpc) is 3.27. The number of aromatic nitrogens is 6. The Hall–Kier alpha value is -3.23. The highest BCUT2D eigenvalue weighted by atomic mass is 16.2. The molecule has 4 heterocycles. The van der Waals surface area contributed by atoms with Crippen LogP contribution in [0.2, 0.25) is 0 Å². The number of hydrogen-bond donors (Lipinski definition) is 1. The molecule has 0 aliphatic carbocycles. The molecule has 3 aromatic rings. The third-order valence-corrected chi connectivity index (χ3v) is 4.68. The van der Waals surface area contributed by atoms with Gasteiger partial charge in [-0.05, 0) is 6.07 Å². The minimum atomic E-state index is -0.161. The van der Waals surface area contributed by atoms with Crippen LogP contribution >= 0.6 is 0 Å². The monoisotopic (exact) mass is 366 g/mol. The van der Waals surface area contributed by atoms with Crippen molar-refractivity contribution < 1.29 is 4.79 Å². The van der Waals surface area contributed by atoms with Gasteiger partial charge in [-0.3, -0.25) is 0 Å². The molecule has 9 nitrogen and oxygen atoms in total. The van der Waals surface area contributed by atoms with Crippen molar-refractivity contribution >= 4 is 11.7 Å². The van der Waals surface area contributed by atoms with E-state index in [-0.39, 0.29) is 6.03 Å². The van der Waals surface area contributed by atoms with Crippen molar-refractivity contribution in [3.63, 3.8) is 0 Å². The number of nitrogens with zero attached hydrogens (tertiary/aromatic N) is 7. The van der Waals surface area contributed by atoms with Crippen LogP contribution in [-0.2, 0) is 20.0 Å². The van der Waals surface area contributed by atoms with E-state index >= 15 is 0 Å². The maximum atomic E-state index is 12.7. The molecule has 140 valence electrons. The van der Waals surface area contributed by atoms with E-state index in [4.69, 9.17) is 4.98 Å². The molecule has 0 saturated carbocycles. The van der Waals surface area contributed by atoms with Gasteiger partial charge in [0.15, 0.2) is 0 Å². The van der Waals surface area contributed by atoms with Crippen LogP contribution in [0.25, 0.3) is 5.95 Å². The van der Waals surface area contributed by atoms with Crippen LogP contribution in [0.1, 0.15) is 37.0 Å².